The van der Waals surface area contributed by atoms with Crippen LogP contribution in [0.1, 0.15) is 62.2 Å². The molecule has 3 amide bonds. The summed E-state index contributed by atoms with van der Waals surface area (Å²) in [5.74, 6) is -2.13. The van der Waals surface area contributed by atoms with Crippen LogP contribution in [-0.4, -0.2) is 64.3 Å². The van der Waals surface area contributed by atoms with E-state index in [2.05, 4.69) is 15.3 Å². The van der Waals surface area contributed by atoms with Gasteiger partial charge < -0.3 is 19.9 Å². The van der Waals surface area contributed by atoms with Crippen molar-refractivity contribution in [3.63, 3.8) is 0 Å². The van der Waals surface area contributed by atoms with E-state index in [0.717, 1.165) is 22.9 Å². The van der Waals surface area contributed by atoms with E-state index in [4.69, 9.17) is 4.74 Å². The van der Waals surface area contributed by atoms with Gasteiger partial charge in [-0.3, -0.25) is 19.4 Å². The number of pyridine rings is 2. The predicted octanol–water partition coefficient (Wildman–Crippen LogP) is 4.96. The second-order valence-electron chi connectivity index (χ2n) is 12.1. The van der Waals surface area contributed by atoms with Crippen LogP contribution in [0.5, 0.6) is 0 Å². The molecule has 0 saturated heterocycles. The molecule has 0 unspecified atom stereocenters. The molecule has 1 saturated carbocycles. The molecule has 11 heteroatoms. The molecule has 47 heavy (non-hydrogen) atoms. The Balaban J connectivity index is 1.10. The van der Waals surface area contributed by atoms with E-state index >= 15 is 0 Å². The second kappa shape index (κ2) is 13.1. The number of fused-ring (bicyclic) bond motifs is 1. The first-order chi connectivity index (χ1) is 22.6. The Kier molecular flexibility index (Phi) is 8.80. The maximum absolute atomic E-state index is 14.8. The van der Waals surface area contributed by atoms with E-state index in [1.54, 1.807) is 63.6 Å². The van der Waals surface area contributed by atoms with E-state index in [9.17, 15) is 23.6 Å². The van der Waals surface area contributed by atoms with Gasteiger partial charge in [-0.05, 0) is 104 Å². The highest BCUT2D eigenvalue weighted by molar-refractivity contribution is 6.11. The summed E-state index contributed by atoms with van der Waals surface area (Å²) in [6.07, 6.45) is 4.28. The molecule has 1 atom stereocenters. The minimum absolute atomic E-state index is 0.0748. The molecule has 10 nitrogen and oxygen atoms in total. The Bertz CT molecular complexity index is 1860. The Morgan fingerprint density at radius 2 is 1.77 bits per heavy atom. The number of hydrogen-bond donors (Lipinski definition) is 1. The van der Waals surface area contributed by atoms with Crippen molar-refractivity contribution in [3.8, 4) is 11.1 Å². The smallest absolute Gasteiger partial charge is 0.357 e. The molecule has 2 aromatic heterocycles. The molecule has 1 fully saturated rings. The number of hydrogen-bond acceptors (Lipinski definition) is 7. The number of amides is 3. The zero-order chi connectivity index (χ0) is 33.2. The number of likely N-dealkylation sites (N-methyl/N-ethyl adjacent to an activating group) is 1. The lowest BCUT2D eigenvalue weighted by Gasteiger charge is -2.34. The first-order valence-corrected chi connectivity index (χ1v) is 15.4. The van der Waals surface area contributed by atoms with Crippen molar-refractivity contribution in [3.05, 3.63) is 113 Å². The summed E-state index contributed by atoms with van der Waals surface area (Å²) in [5, 5.41) is 2.84. The van der Waals surface area contributed by atoms with Gasteiger partial charge in [-0.25, -0.2) is 14.2 Å². The summed E-state index contributed by atoms with van der Waals surface area (Å²) in [4.78, 5) is 63.8. The average molecular weight is 636 g/mol. The number of aromatic nitrogens is 2. The standard InChI is InChI=1S/C36H34FN5O5/c1-21-5-4-6-31(40-21)36(46)47-29-15-23(16-29)19-39-33(43)27-13-24(14-28(37)17-27)20-42-22(2)34(44)41(3)32-18-26(7-8-30(32)35(42)45)25-9-11-38-12-10-25/h4-14,17-18,22-23,29H,15-16,19-20H2,1-3H3,(H,39,43)/t22-,23?,29?/m1/s1. The van der Waals surface area contributed by atoms with Crippen LogP contribution in [0.4, 0.5) is 10.1 Å². The Labute approximate surface area is 271 Å². The van der Waals surface area contributed by atoms with Crippen molar-refractivity contribution in [1.29, 1.82) is 0 Å². The summed E-state index contributed by atoms with van der Waals surface area (Å²) in [6, 6.07) is 17.3. The quantitative estimate of drug-likeness (QED) is 0.272. The van der Waals surface area contributed by atoms with Crippen LogP contribution in [0, 0.1) is 18.7 Å². The lowest BCUT2D eigenvalue weighted by Crippen LogP contribution is -2.45. The number of nitrogens with one attached hydrogen (secondary N) is 1. The van der Waals surface area contributed by atoms with Gasteiger partial charge in [-0.1, -0.05) is 12.1 Å². The van der Waals surface area contributed by atoms with E-state index < -0.39 is 23.7 Å². The van der Waals surface area contributed by atoms with E-state index in [0.29, 0.717) is 36.2 Å². The number of benzene rings is 2. The van der Waals surface area contributed by atoms with Crippen LogP contribution < -0.4 is 10.2 Å². The third-order valence-electron chi connectivity index (χ3n) is 8.71. The van der Waals surface area contributed by atoms with E-state index in [1.165, 1.54) is 21.9 Å². The Hall–Kier alpha value is -5.45. The number of rotatable bonds is 8. The van der Waals surface area contributed by atoms with Crippen molar-refractivity contribution in [1.82, 2.24) is 20.2 Å². The highest BCUT2D eigenvalue weighted by Crippen LogP contribution is 2.33. The van der Waals surface area contributed by atoms with Crippen molar-refractivity contribution in [2.24, 2.45) is 5.92 Å². The monoisotopic (exact) mass is 635 g/mol. The summed E-state index contributed by atoms with van der Waals surface area (Å²) in [7, 11) is 1.63. The van der Waals surface area contributed by atoms with Crippen LogP contribution in [0.2, 0.25) is 0 Å². The highest BCUT2D eigenvalue weighted by atomic mass is 19.1. The fourth-order valence-corrected chi connectivity index (χ4v) is 6.00. The van der Waals surface area contributed by atoms with Crippen LogP contribution in [0.15, 0.2) is 79.1 Å². The molecule has 1 aliphatic heterocycles. The molecule has 3 heterocycles. The topological polar surface area (TPSA) is 122 Å². The molecule has 0 bridgehead atoms. The highest BCUT2D eigenvalue weighted by Gasteiger charge is 2.36. The lowest BCUT2D eigenvalue weighted by molar-refractivity contribution is -0.122. The van der Waals surface area contributed by atoms with Gasteiger partial charge in [0.25, 0.3) is 11.8 Å². The number of aryl methyl sites for hydroxylation is 1. The molecule has 1 N–H and O–H groups in total. The van der Waals surface area contributed by atoms with E-state index in [1.807, 2.05) is 18.2 Å². The van der Waals surface area contributed by atoms with Gasteiger partial charge in [0.2, 0.25) is 5.91 Å². The third kappa shape index (κ3) is 6.74. The number of carbonyl (C=O) groups is 4. The summed E-state index contributed by atoms with van der Waals surface area (Å²) in [6.45, 7) is 3.70. The number of nitrogens with zero attached hydrogens (tertiary/aromatic N) is 4. The third-order valence-corrected chi connectivity index (χ3v) is 8.71. The van der Waals surface area contributed by atoms with Crippen molar-refractivity contribution >= 4 is 29.4 Å². The maximum atomic E-state index is 14.8. The number of halogens is 1. The predicted molar refractivity (Wildman–Crippen MR) is 172 cm³/mol. The second-order valence-corrected chi connectivity index (χ2v) is 12.1. The molecular weight excluding hydrogens is 601 g/mol. The van der Waals surface area contributed by atoms with Crippen LogP contribution in [-0.2, 0) is 16.1 Å². The van der Waals surface area contributed by atoms with Crippen LogP contribution >= 0.6 is 0 Å². The Morgan fingerprint density at radius 1 is 1.00 bits per heavy atom. The first-order valence-electron chi connectivity index (χ1n) is 15.4. The molecule has 2 aromatic carbocycles. The molecule has 6 rings (SSSR count). The summed E-state index contributed by atoms with van der Waals surface area (Å²) >= 11 is 0. The largest absolute Gasteiger partial charge is 0.458 e. The van der Waals surface area contributed by atoms with Gasteiger partial charge in [-0.15, -0.1) is 0 Å². The van der Waals surface area contributed by atoms with Gasteiger partial charge in [-0.2, -0.15) is 0 Å². The van der Waals surface area contributed by atoms with E-state index in [-0.39, 0.29) is 41.6 Å². The summed E-state index contributed by atoms with van der Waals surface area (Å²) < 4.78 is 20.3. The van der Waals surface area contributed by atoms with Gasteiger partial charge in [0.1, 0.15) is 23.7 Å². The minimum Gasteiger partial charge on any atom is -0.458 e. The number of ether oxygens (including phenoxy) is 1. The number of esters is 1. The van der Waals surface area contributed by atoms with Crippen LogP contribution in [0.3, 0.4) is 0 Å². The SMILES string of the molecule is Cc1cccc(C(=O)OC2CC(CNC(=O)c3cc(F)cc(CN4C(=O)c5ccc(-c6ccncc6)cc5N(C)C(=O)[C@H]4C)c3)C2)n1. The summed E-state index contributed by atoms with van der Waals surface area (Å²) in [5.41, 5.74) is 4.02. The maximum Gasteiger partial charge on any atom is 0.357 e. The van der Waals surface area contributed by atoms with Crippen molar-refractivity contribution in [2.75, 3.05) is 18.5 Å². The molecule has 240 valence electrons. The zero-order valence-electron chi connectivity index (χ0n) is 26.3. The molecular formula is C36H34FN5O5. The normalized spacial score (nSPS) is 19.0. The van der Waals surface area contributed by atoms with Gasteiger partial charge >= 0.3 is 5.97 Å². The van der Waals surface area contributed by atoms with Gasteiger partial charge in [0.05, 0.1) is 11.3 Å². The minimum atomic E-state index is -0.841. The zero-order valence-corrected chi connectivity index (χ0v) is 26.3. The van der Waals surface area contributed by atoms with Crippen molar-refractivity contribution in [2.45, 2.75) is 45.4 Å². The lowest BCUT2D eigenvalue weighted by atomic mass is 9.82. The molecule has 2 aliphatic rings. The molecule has 1 aliphatic carbocycles. The van der Waals surface area contributed by atoms with Gasteiger partial charge in [0, 0.05) is 43.8 Å². The number of anilines is 1. The van der Waals surface area contributed by atoms with Gasteiger partial charge in [0.15, 0.2) is 0 Å². The number of carbonyl (C=O) groups excluding carboxylic acids is 4. The van der Waals surface area contributed by atoms with Crippen molar-refractivity contribution < 1.29 is 28.3 Å². The van der Waals surface area contributed by atoms with Crippen LogP contribution in [0.25, 0.3) is 11.1 Å². The fraction of sp³-hybridized carbons (Fsp3) is 0.278. The average Bonchev–Trinajstić information content (AvgIpc) is 3.11. The first kappa shape index (κ1) is 31.5. The molecule has 0 spiro atoms. The fourth-order valence-electron chi connectivity index (χ4n) is 6.00. The molecule has 0 radical (unpaired) electrons. The molecule has 4 aromatic rings. The Morgan fingerprint density at radius 3 is 2.51 bits per heavy atom.